The van der Waals surface area contributed by atoms with Gasteiger partial charge in [0.25, 0.3) is 0 Å². The van der Waals surface area contributed by atoms with E-state index in [4.69, 9.17) is 0 Å². The minimum Gasteiger partial charge on any atom is -0.367 e. The molecule has 0 unspecified atom stereocenters. The van der Waals surface area contributed by atoms with Crippen LogP contribution in [0.15, 0.2) is 59.7 Å². The summed E-state index contributed by atoms with van der Waals surface area (Å²) in [6, 6.07) is 8.88. The van der Waals surface area contributed by atoms with Crippen molar-refractivity contribution in [3.05, 3.63) is 65.3 Å². The molecule has 0 aliphatic heterocycles. The maximum Gasteiger partial charge on any atom is 0.0429 e. The first-order valence-electron chi connectivity index (χ1n) is 10.1. The maximum absolute atomic E-state index is 2.55. The van der Waals surface area contributed by atoms with Crippen LogP contribution in [0.25, 0.3) is 0 Å². The van der Waals surface area contributed by atoms with E-state index >= 15 is 0 Å². The predicted octanol–water partition coefficient (Wildman–Crippen LogP) is 7.38. The van der Waals surface area contributed by atoms with Crippen LogP contribution in [0.2, 0.25) is 0 Å². The molecule has 1 rings (SSSR count). The molecule has 0 aliphatic carbocycles. The smallest absolute Gasteiger partial charge is 0.0429 e. The van der Waals surface area contributed by atoms with Gasteiger partial charge < -0.3 is 4.90 Å². The molecular formula is C25H39N. The minimum absolute atomic E-state index is 0.528. The number of para-hydroxylation sites is 1. The van der Waals surface area contributed by atoms with Gasteiger partial charge in [-0.25, -0.2) is 0 Å². The Kier molecular flexibility index (Phi) is 9.48. The average molecular weight is 354 g/mol. The first-order valence-corrected chi connectivity index (χ1v) is 10.1. The lowest BCUT2D eigenvalue weighted by Crippen LogP contribution is -2.30. The predicted molar refractivity (Wildman–Crippen MR) is 119 cm³/mol. The molecule has 0 aromatic heterocycles. The molecule has 144 valence electrons. The van der Waals surface area contributed by atoms with Gasteiger partial charge in [0, 0.05) is 18.8 Å². The molecular weight excluding hydrogens is 314 g/mol. The van der Waals surface area contributed by atoms with Gasteiger partial charge in [-0.15, -0.1) is 0 Å². The van der Waals surface area contributed by atoms with Crippen LogP contribution in [-0.2, 0) is 0 Å². The maximum atomic E-state index is 2.55. The van der Waals surface area contributed by atoms with Crippen molar-refractivity contribution in [2.45, 2.75) is 61.3 Å². The van der Waals surface area contributed by atoms with Gasteiger partial charge in [0.15, 0.2) is 0 Å². The highest BCUT2D eigenvalue weighted by Gasteiger charge is 2.15. The highest BCUT2D eigenvalue weighted by Crippen LogP contribution is 2.29. The van der Waals surface area contributed by atoms with Gasteiger partial charge in [0.1, 0.15) is 0 Å². The fourth-order valence-electron chi connectivity index (χ4n) is 2.99. The van der Waals surface area contributed by atoms with Crippen LogP contribution >= 0.6 is 0 Å². The standard InChI is InChI=1S/C25H39N/c1-19(2)13-9-10-14-23(21(5)6)18-26(17-20(3)4)25-16-12-11-15-24(25)22(7)8/h9-16,19-20,22H,17-18H2,1-8H3/b13-9-,14-10-. The molecule has 0 atom stereocenters. The third-order valence-corrected chi connectivity index (χ3v) is 4.39. The van der Waals surface area contributed by atoms with Gasteiger partial charge in [-0.2, -0.15) is 0 Å². The first-order chi connectivity index (χ1) is 12.2. The second kappa shape index (κ2) is 11.1. The van der Waals surface area contributed by atoms with Crippen LogP contribution in [0.4, 0.5) is 5.69 Å². The zero-order chi connectivity index (χ0) is 19.7. The van der Waals surface area contributed by atoms with Crippen molar-refractivity contribution < 1.29 is 0 Å². The van der Waals surface area contributed by atoms with Crippen molar-refractivity contribution in [1.29, 1.82) is 0 Å². The van der Waals surface area contributed by atoms with E-state index in [2.05, 4.69) is 109 Å². The van der Waals surface area contributed by atoms with Gasteiger partial charge in [-0.05, 0) is 48.8 Å². The summed E-state index contributed by atoms with van der Waals surface area (Å²) in [5.74, 6) is 1.74. The van der Waals surface area contributed by atoms with E-state index in [9.17, 15) is 0 Å². The monoisotopic (exact) mass is 353 g/mol. The van der Waals surface area contributed by atoms with Crippen LogP contribution in [-0.4, -0.2) is 13.1 Å². The van der Waals surface area contributed by atoms with E-state index in [0.717, 1.165) is 13.1 Å². The summed E-state index contributed by atoms with van der Waals surface area (Å²) in [5, 5.41) is 0. The van der Waals surface area contributed by atoms with Gasteiger partial charge in [0.2, 0.25) is 0 Å². The van der Waals surface area contributed by atoms with Crippen molar-refractivity contribution in [2.24, 2.45) is 11.8 Å². The van der Waals surface area contributed by atoms with E-state index in [0.29, 0.717) is 17.8 Å². The molecule has 0 spiro atoms. The summed E-state index contributed by atoms with van der Waals surface area (Å²) >= 11 is 0. The zero-order valence-electron chi connectivity index (χ0n) is 18.2. The Balaban J connectivity index is 3.15. The molecule has 26 heavy (non-hydrogen) atoms. The molecule has 0 N–H and O–H groups in total. The Hall–Kier alpha value is -1.76. The third kappa shape index (κ3) is 7.64. The highest BCUT2D eigenvalue weighted by molar-refractivity contribution is 5.56. The molecule has 1 heteroatoms. The molecule has 1 aromatic rings. The molecule has 0 heterocycles. The Morgan fingerprint density at radius 2 is 1.62 bits per heavy atom. The van der Waals surface area contributed by atoms with E-state index in [1.165, 1.54) is 22.4 Å². The summed E-state index contributed by atoms with van der Waals surface area (Å²) in [6.45, 7) is 20.0. The van der Waals surface area contributed by atoms with Crippen LogP contribution in [0.5, 0.6) is 0 Å². The Morgan fingerprint density at radius 1 is 0.962 bits per heavy atom. The van der Waals surface area contributed by atoms with Crippen molar-refractivity contribution in [2.75, 3.05) is 18.0 Å². The van der Waals surface area contributed by atoms with Crippen molar-refractivity contribution in [1.82, 2.24) is 0 Å². The van der Waals surface area contributed by atoms with E-state index in [1.54, 1.807) is 0 Å². The van der Waals surface area contributed by atoms with Gasteiger partial charge in [0.05, 0.1) is 0 Å². The second-order valence-electron chi connectivity index (χ2n) is 8.50. The van der Waals surface area contributed by atoms with Crippen LogP contribution in [0.3, 0.4) is 0 Å². The lowest BCUT2D eigenvalue weighted by molar-refractivity contribution is 0.620. The molecule has 0 bridgehead atoms. The summed E-state index contributed by atoms with van der Waals surface area (Å²) in [4.78, 5) is 2.55. The topological polar surface area (TPSA) is 3.24 Å². The molecule has 1 nitrogen and oxygen atoms in total. The first kappa shape index (κ1) is 22.3. The van der Waals surface area contributed by atoms with Gasteiger partial charge in [-0.1, -0.05) is 89.6 Å². The Bertz CT molecular complexity index is 625. The molecule has 0 aliphatic rings. The molecule has 0 saturated heterocycles. The number of rotatable bonds is 9. The Labute approximate surface area is 162 Å². The number of allylic oxidation sites excluding steroid dienone is 4. The summed E-state index contributed by atoms with van der Waals surface area (Å²) < 4.78 is 0. The molecule has 0 saturated carbocycles. The Morgan fingerprint density at radius 3 is 2.15 bits per heavy atom. The molecule has 0 fully saturated rings. The molecule has 1 aromatic carbocycles. The number of hydrogen-bond donors (Lipinski definition) is 0. The third-order valence-electron chi connectivity index (χ3n) is 4.39. The second-order valence-corrected chi connectivity index (χ2v) is 8.50. The normalized spacial score (nSPS) is 12.1. The van der Waals surface area contributed by atoms with E-state index in [-0.39, 0.29) is 0 Å². The van der Waals surface area contributed by atoms with Crippen LogP contribution in [0, 0.1) is 11.8 Å². The van der Waals surface area contributed by atoms with Crippen LogP contribution < -0.4 is 4.90 Å². The minimum atomic E-state index is 0.528. The number of nitrogens with zero attached hydrogens (tertiary/aromatic N) is 1. The quantitative estimate of drug-likeness (QED) is 0.419. The largest absolute Gasteiger partial charge is 0.367 e. The average Bonchev–Trinajstić information content (AvgIpc) is 2.55. The fraction of sp³-hybridized carbons (Fsp3) is 0.520. The fourth-order valence-corrected chi connectivity index (χ4v) is 2.99. The number of hydrogen-bond acceptors (Lipinski definition) is 1. The van der Waals surface area contributed by atoms with Crippen molar-refractivity contribution in [3.63, 3.8) is 0 Å². The van der Waals surface area contributed by atoms with Crippen LogP contribution in [0.1, 0.15) is 66.9 Å². The summed E-state index contributed by atoms with van der Waals surface area (Å²) in [5.41, 5.74) is 5.60. The highest BCUT2D eigenvalue weighted by atomic mass is 15.1. The van der Waals surface area contributed by atoms with E-state index < -0.39 is 0 Å². The van der Waals surface area contributed by atoms with Gasteiger partial charge >= 0.3 is 0 Å². The van der Waals surface area contributed by atoms with Gasteiger partial charge in [-0.3, -0.25) is 0 Å². The van der Waals surface area contributed by atoms with Crippen molar-refractivity contribution >= 4 is 5.69 Å². The summed E-state index contributed by atoms with van der Waals surface area (Å²) in [7, 11) is 0. The molecule has 0 radical (unpaired) electrons. The number of anilines is 1. The van der Waals surface area contributed by atoms with E-state index in [1.807, 2.05) is 0 Å². The lowest BCUT2D eigenvalue weighted by Gasteiger charge is -2.30. The molecule has 0 amide bonds. The number of benzene rings is 1. The summed E-state index contributed by atoms with van der Waals surface area (Å²) in [6.07, 6.45) is 8.87. The van der Waals surface area contributed by atoms with Crippen molar-refractivity contribution in [3.8, 4) is 0 Å². The zero-order valence-corrected chi connectivity index (χ0v) is 18.2. The lowest BCUT2D eigenvalue weighted by atomic mass is 9.99. The SMILES string of the molecule is CC(C)=C(/C=C\C=C/C(C)C)CN(CC(C)C)c1ccccc1C(C)C.